The van der Waals surface area contributed by atoms with E-state index in [4.69, 9.17) is 5.11 Å². The van der Waals surface area contributed by atoms with Gasteiger partial charge in [0, 0.05) is 19.6 Å². The minimum Gasteiger partial charge on any atom is -0.481 e. The minimum absolute atomic E-state index is 0.177. The van der Waals surface area contributed by atoms with Gasteiger partial charge in [-0.25, -0.2) is 0 Å². The van der Waals surface area contributed by atoms with E-state index < -0.39 is 5.97 Å². The Labute approximate surface area is 113 Å². The molecule has 0 amide bonds. The van der Waals surface area contributed by atoms with Gasteiger partial charge in [0.2, 0.25) is 0 Å². The van der Waals surface area contributed by atoms with Crippen molar-refractivity contribution in [3.8, 4) is 0 Å². The molecule has 0 aromatic heterocycles. The number of aliphatic carboxylic acids is 1. The summed E-state index contributed by atoms with van der Waals surface area (Å²) in [6.07, 6.45) is 2.45. The normalized spacial score (nSPS) is 22.1. The van der Waals surface area contributed by atoms with Crippen LogP contribution in [0.5, 0.6) is 0 Å². The highest BCUT2D eigenvalue weighted by Gasteiger charge is 2.44. The number of carbonyl (C=O) groups is 1. The highest BCUT2D eigenvalue weighted by molar-refractivity contribution is 5.69. The van der Waals surface area contributed by atoms with Crippen molar-refractivity contribution in [2.45, 2.75) is 31.3 Å². The maximum atomic E-state index is 11.1. The monoisotopic (exact) mass is 260 g/mol. The summed E-state index contributed by atoms with van der Waals surface area (Å²) < 4.78 is 0. The number of rotatable bonds is 3. The topological polar surface area (TPSA) is 52.6 Å². The molecular formula is C15H20N2O2. The van der Waals surface area contributed by atoms with Gasteiger partial charge >= 0.3 is 5.97 Å². The van der Waals surface area contributed by atoms with E-state index in [1.165, 1.54) is 11.1 Å². The molecule has 0 unspecified atom stereocenters. The lowest BCUT2D eigenvalue weighted by Gasteiger charge is -2.50. The van der Waals surface area contributed by atoms with Gasteiger partial charge in [-0.3, -0.25) is 9.69 Å². The zero-order valence-corrected chi connectivity index (χ0v) is 11.1. The summed E-state index contributed by atoms with van der Waals surface area (Å²) in [6.45, 7) is 3.46. The first-order valence-electron chi connectivity index (χ1n) is 6.94. The SMILES string of the molecule is O=C(O)CC1(N2CCCc3ccccc3C2)CNC1. The number of hydrogen-bond donors (Lipinski definition) is 2. The highest BCUT2D eigenvalue weighted by atomic mass is 16.4. The quantitative estimate of drug-likeness (QED) is 0.859. The fraction of sp³-hybridized carbons (Fsp3) is 0.533. The maximum absolute atomic E-state index is 11.1. The van der Waals surface area contributed by atoms with Crippen molar-refractivity contribution in [1.29, 1.82) is 0 Å². The minimum atomic E-state index is -0.695. The first-order valence-corrected chi connectivity index (χ1v) is 6.94. The Morgan fingerprint density at radius 1 is 1.32 bits per heavy atom. The van der Waals surface area contributed by atoms with Crippen LogP contribution in [-0.2, 0) is 17.8 Å². The van der Waals surface area contributed by atoms with Gasteiger partial charge in [0.25, 0.3) is 0 Å². The summed E-state index contributed by atoms with van der Waals surface area (Å²) in [7, 11) is 0. The predicted octanol–water partition coefficient (Wildman–Crippen LogP) is 1.25. The number of nitrogens with zero attached hydrogens (tertiary/aromatic N) is 1. The molecule has 2 aliphatic heterocycles. The summed E-state index contributed by atoms with van der Waals surface area (Å²) in [5.74, 6) is -0.695. The van der Waals surface area contributed by atoms with Gasteiger partial charge in [-0.2, -0.15) is 0 Å². The van der Waals surface area contributed by atoms with Gasteiger partial charge in [-0.05, 0) is 30.5 Å². The molecule has 0 radical (unpaired) electrons. The van der Waals surface area contributed by atoms with Crippen LogP contribution in [-0.4, -0.2) is 41.1 Å². The van der Waals surface area contributed by atoms with E-state index in [1.54, 1.807) is 0 Å². The van der Waals surface area contributed by atoms with Crippen LogP contribution in [0, 0.1) is 0 Å². The van der Waals surface area contributed by atoms with Crippen molar-refractivity contribution in [1.82, 2.24) is 10.2 Å². The Balaban J connectivity index is 1.83. The molecule has 0 bridgehead atoms. The van der Waals surface area contributed by atoms with E-state index in [0.717, 1.165) is 39.0 Å². The first kappa shape index (κ1) is 12.6. The van der Waals surface area contributed by atoms with Crippen LogP contribution in [0.2, 0.25) is 0 Å². The molecule has 0 atom stereocenters. The molecule has 0 spiro atoms. The molecule has 1 saturated heterocycles. The molecule has 2 aliphatic rings. The molecular weight excluding hydrogens is 240 g/mol. The van der Waals surface area contributed by atoms with Crippen molar-refractivity contribution in [2.75, 3.05) is 19.6 Å². The van der Waals surface area contributed by atoms with E-state index in [2.05, 4.69) is 34.5 Å². The number of nitrogens with one attached hydrogen (secondary N) is 1. The number of fused-ring (bicyclic) bond motifs is 1. The molecule has 4 nitrogen and oxygen atoms in total. The molecule has 1 aromatic carbocycles. The Morgan fingerprint density at radius 2 is 2.05 bits per heavy atom. The van der Waals surface area contributed by atoms with Crippen LogP contribution in [0.1, 0.15) is 24.0 Å². The van der Waals surface area contributed by atoms with E-state index in [-0.39, 0.29) is 12.0 Å². The average molecular weight is 260 g/mol. The van der Waals surface area contributed by atoms with Gasteiger partial charge in [0.15, 0.2) is 0 Å². The molecule has 0 saturated carbocycles. The Hall–Kier alpha value is -1.39. The molecule has 4 heteroatoms. The molecule has 19 heavy (non-hydrogen) atoms. The van der Waals surface area contributed by atoms with Crippen LogP contribution in [0.25, 0.3) is 0 Å². The standard InChI is InChI=1S/C15H20N2O2/c18-14(19)8-15(10-16-11-15)17-7-3-6-12-4-1-2-5-13(12)9-17/h1-2,4-5,16H,3,6-11H2,(H,18,19). The van der Waals surface area contributed by atoms with Crippen LogP contribution in [0.3, 0.4) is 0 Å². The zero-order valence-electron chi connectivity index (χ0n) is 11.1. The third kappa shape index (κ3) is 2.38. The maximum Gasteiger partial charge on any atom is 0.305 e. The molecule has 1 fully saturated rings. The van der Waals surface area contributed by atoms with Gasteiger partial charge in [0.05, 0.1) is 12.0 Å². The van der Waals surface area contributed by atoms with Crippen molar-refractivity contribution < 1.29 is 9.90 Å². The van der Waals surface area contributed by atoms with Gasteiger partial charge in [-0.15, -0.1) is 0 Å². The third-order valence-electron chi connectivity index (χ3n) is 4.41. The number of aryl methyl sites for hydroxylation is 1. The van der Waals surface area contributed by atoms with E-state index in [9.17, 15) is 4.79 Å². The highest BCUT2D eigenvalue weighted by Crippen LogP contribution is 2.30. The summed E-state index contributed by atoms with van der Waals surface area (Å²) in [6, 6.07) is 8.54. The lowest BCUT2D eigenvalue weighted by Crippen LogP contribution is -2.69. The molecule has 1 aromatic rings. The van der Waals surface area contributed by atoms with Crippen LogP contribution < -0.4 is 5.32 Å². The van der Waals surface area contributed by atoms with Crippen molar-refractivity contribution in [3.05, 3.63) is 35.4 Å². The number of carboxylic acid groups (broad SMARTS) is 1. The smallest absolute Gasteiger partial charge is 0.305 e. The van der Waals surface area contributed by atoms with Crippen LogP contribution >= 0.6 is 0 Å². The summed E-state index contributed by atoms with van der Waals surface area (Å²) >= 11 is 0. The molecule has 102 valence electrons. The number of benzene rings is 1. The fourth-order valence-electron chi connectivity index (χ4n) is 3.26. The van der Waals surface area contributed by atoms with E-state index in [0.29, 0.717) is 0 Å². The largest absolute Gasteiger partial charge is 0.481 e. The molecule has 2 N–H and O–H groups in total. The van der Waals surface area contributed by atoms with Crippen LogP contribution in [0.15, 0.2) is 24.3 Å². The molecule has 2 heterocycles. The molecule has 0 aliphatic carbocycles. The fourth-order valence-corrected chi connectivity index (χ4v) is 3.26. The predicted molar refractivity (Wildman–Crippen MR) is 73.0 cm³/mol. The Kier molecular flexibility index (Phi) is 3.29. The van der Waals surface area contributed by atoms with Gasteiger partial charge in [-0.1, -0.05) is 24.3 Å². The summed E-state index contributed by atoms with van der Waals surface area (Å²) in [5, 5.41) is 12.4. The lowest BCUT2D eigenvalue weighted by atomic mass is 9.86. The number of hydrogen-bond acceptors (Lipinski definition) is 3. The number of carboxylic acids is 1. The second-order valence-electron chi connectivity index (χ2n) is 5.69. The zero-order chi connectivity index (χ0) is 13.3. The second-order valence-corrected chi connectivity index (χ2v) is 5.69. The average Bonchev–Trinajstić information content (AvgIpc) is 2.55. The summed E-state index contributed by atoms with van der Waals surface area (Å²) in [5.41, 5.74) is 2.60. The second kappa shape index (κ2) is 4.94. The van der Waals surface area contributed by atoms with Gasteiger partial charge in [0.1, 0.15) is 0 Å². The lowest BCUT2D eigenvalue weighted by molar-refractivity contribution is -0.142. The Bertz CT molecular complexity index is 483. The molecule has 3 rings (SSSR count). The van der Waals surface area contributed by atoms with E-state index >= 15 is 0 Å². The first-order chi connectivity index (χ1) is 9.20. The van der Waals surface area contributed by atoms with Crippen molar-refractivity contribution in [3.63, 3.8) is 0 Å². The van der Waals surface area contributed by atoms with Crippen LogP contribution in [0.4, 0.5) is 0 Å². The Morgan fingerprint density at radius 3 is 2.68 bits per heavy atom. The van der Waals surface area contributed by atoms with Crippen molar-refractivity contribution in [2.24, 2.45) is 0 Å². The van der Waals surface area contributed by atoms with Crippen molar-refractivity contribution >= 4 is 5.97 Å². The van der Waals surface area contributed by atoms with Gasteiger partial charge < -0.3 is 10.4 Å². The van der Waals surface area contributed by atoms with E-state index in [1.807, 2.05) is 0 Å². The summed E-state index contributed by atoms with van der Waals surface area (Å²) in [4.78, 5) is 13.5. The third-order valence-corrected chi connectivity index (χ3v) is 4.41.